The lowest BCUT2D eigenvalue weighted by molar-refractivity contribution is -0.122. The summed E-state index contributed by atoms with van der Waals surface area (Å²) in [6.07, 6.45) is 3.55. The molecule has 8 heteroatoms. The number of sulfonamides is 1. The number of benzene rings is 2. The Morgan fingerprint density at radius 2 is 1.71 bits per heavy atom. The molecule has 0 saturated carbocycles. The van der Waals surface area contributed by atoms with Gasteiger partial charge in [0.1, 0.15) is 11.8 Å². The maximum atomic E-state index is 12.9. The van der Waals surface area contributed by atoms with Gasteiger partial charge in [0, 0.05) is 13.1 Å². The molecule has 1 heterocycles. The van der Waals surface area contributed by atoms with E-state index in [1.165, 1.54) is 18.4 Å². The van der Waals surface area contributed by atoms with Crippen LogP contribution in [0.1, 0.15) is 30.9 Å². The highest BCUT2D eigenvalue weighted by atomic mass is 32.2. The number of hydrogen-bond acceptors (Lipinski definition) is 5. The van der Waals surface area contributed by atoms with Crippen molar-refractivity contribution in [1.29, 1.82) is 0 Å². The van der Waals surface area contributed by atoms with E-state index in [1.54, 1.807) is 38.3 Å². The fourth-order valence-corrected chi connectivity index (χ4v) is 5.11. The summed E-state index contributed by atoms with van der Waals surface area (Å²) >= 11 is 0. The summed E-state index contributed by atoms with van der Waals surface area (Å²) in [6, 6.07) is 13.8. The van der Waals surface area contributed by atoms with Crippen LogP contribution < -0.4 is 14.4 Å². The molecule has 1 aliphatic heterocycles. The molecule has 0 unspecified atom stereocenters. The Hall–Kier alpha value is -2.58. The van der Waals surface area contributed by atoms with Crippen molar-refractivity contribution in [3.63, 3.8) is 0 Å². The molecule has 0 bridgehead atoms. The molecular formula is C23H31N3O4S. The summed E-state index contributed by atoms with van der Waals surface area (Å²) in [5.74, 6) is 0.265. The van der Waals surface area contributed by atoms with Crippen LogP contribution in [-0.2, 0) is 27.9 Å². The van der Waals surface area contributed by atoms with E-state index in [0.29, 0.717) is 18.0 Å². The van der Waals surface area contributed by atoms with Crippen LogP contribution in [0.15, 0.2) is 48.5 Å². The topological polar surface area (TPSA) is 79.0 Å². The zero-order valence-corrected chi connectivity index (χ0v) is 19.2. The summed E-state index contributed by atoms with van der Waals surface area (Å²) in [5.41, 5.74) is 2.65. The largest absolute Gasteiger partial charge is 0.497 e. The highest BCUT2D eigenvalue weighted by Crippen LogP contribution is 2.24. The number of rotatable bonds is 9. The lowest BCUT2D eigenvalue weighted by atomic mass is 10.1. The average Bonchev–Trinajstić information content (AvgIpc) is 3.25. The summed E-state index contributed by atoms with van der Waals surface area (Å²) in [4.78, 5) is 15.3. The van der Waals surface area contributed by atoms with Crippen molar-refractivity contribution in [2.24, 2.45) is 0 Å². The number of ether oxygens (including phenoxy) is 1. The molecule has 0 aromatic heterocycles. The van der Waals surface area contributed by atoms with Gasteiger partial charge >= 0.3 is 0 Å². The van der Waals surface area contributed by atoms with E-state index in [2.05, 4.69) is 16.3 Å². The summed E-state index contributed by atoms with van der Waals surface area (Å²) in [5, 5.41) is 2.92. The summed E-state index contributed by atoms with van der Waals surface area (Å²) in [6.45, 7) is 5.01. The first-order chi connectivity index (χ1) is 14.8. The quantitative estimate of drug-likeness (QED) is 0.642. The van der Waals surface area contributed by atoms with Crippen molar-refractivity contribution in [3.05, 3.63) is 59.7 Å². The fourth-order valence-electron chi connectivity index (χ4n) is 3.93. The zero-order valence-electron chi connectivity index (χ0n) is 18.4. The summed E-state index contributed by atoms with van der Waals surface area (Å²) in [7, 11) is -2.12. The maximum absolute atomic E-state index is 12.9. The van der Waals surface area contributed by atoms with Crippen LogP contribution in [0.3, 0.4) is 0 Å². The van der Waals surface area contributed by atoms with Crippen molar-refractivity contribution in [2.45, 2.75) is 38.9 Å². The molecule has 1 amide bonds. The predicted octanol–water partition coefficient (Wildman–Crippen LogP) is 2.76. The van der Waals surface area contributed by atoms with Crippen LogP contribution in [0, 0.1) is 0 Å². The second kappa shape index (κ2) is 10.2. The van der Waals surface area contributed by atoms with Crippen molar-refractivity contribution < 1.29 is 17.9 Å². The molecule has 3 rings (SSSR count). The Morgan fingerprint density at radius 3 is 2.29 bits per heavy atom. The highest BCUT2D eigenvalue weighted by molar-refractivity contribution is 7.92. The molecule has 2 aromatic carbocycles. The maximum Gasteiger partial charge on any atom is 0.243 e. The molecule has 7 nitrogen and oxygen atoms in total. The molecule has 168 valence electrons. The van der Waals surface area contributed by atoms with Crippen LogP contribution in [0.25, 0.3) is 0 Å². The van der Waals surface area contributed by atoms with Gasteiger partial charge in [-0.25, -0.2) is 8.42 Å². The second-order valence-electron chi connectivity index (χ2n) is 7.90. The number of amides is 1. The number of carbonyl (C=O) groups excluding carboxylic acids is 1. The Morgan fingerprint density at radius 1 is 1.10 bits per heavy atom. The lowest BCUT2D eigenvalue weighted by Gasteiger charge is -2.28. The van der Waals surface area contributed by atoms with Gasteiger partial charge in [0.2, 0.25) is 15.9 Å². The first-order valence-electron chi connectivity index (χ1n) is 10.5. The number of anilines is 1. The summed E-state index contributed by atoms with van der Waals surface area (Å²) < 4.78 is 31.2. The standard InChI is InChI=1S/C23H31N3O4S/c1-18(26(31(3,28)29)21-10-12-22(30-2)13-11-21)23(27)24-16-19-8-4-5-9-20(19)17-25-14-6-7-15-25/h4-5,8-13,18H,6-7,14-17H2,1-3H3,(H,24,27)/t18-/m0/s1. The monoisotopic (exact) mass is 445 g/mol. The Balaban J connectivity index is 1.71. The third-order valence-electron chi connectivity index (χ3n) is 5.58. The molecule has 1 fully saturated rings. The number of likely N-dealkylation sites (tertiary alicyclic amines) is 1. The minimum atomic E-state index is -3.66. The Bertz CT molecular complexity index is 986. The first kappa shape index (κ1) is 23.1. The Kier molecular flexibility index (Phi) is 7.56. The molecule has 1 aliphatic rings. The van der Waals surface area contributed by atoms with Crippen LogP contribution in [0.5, 0.6) is 5.75 Å². The second-order valence-corrected chi connectivity index (χ2v) is 9.76. The number of hydrogen-bond donors (Lipinski definition) is 1. The molecule has 1 saturated heterocycles. The van der Waals surface area contributed by atoms with E-state index in [-0.39, 0.29) is 5.91 Å². The van der Waals surface area contributed by atoms with Crippen LogP contribution in [0.4, 0.5) is 5.69 Å². The van der Waals surface area contributed by atoms with Gasteiger partial charge in [-0.1, -0.05) is 24.3 Å². The van der Waals surface area contributed by atoms with E-state index in [9.17, 15) is 13.2 Å². The van der Waals surface area contributed by atoms with Crippen molar-refractivity contribution >= 4 is 21.6 Å². The number of nitrogens with zero attached hydrogens (tertiary/aromatic N) is 2. The molecule has 0 radical (unpaired) electrons. The van der Waals surface area contributed by atoms with E-state index in [4.69, 9.17) is 4.74 Å². The normalized spacial score (nSPS) is 15.5. The number of nitrogens with one attached hydrogen (secondary N) is 1. The molecule has 31 heavy (non-hydrogen) atoms. The SMILES string of the molecule is COc1ccc(N([C@@H](C)C(=O)NCc2ccccc2CN2CCCC2)S(C)(=O)=O)cc1. The van der Waals surface area contributed by atoms with Crippen molar-refractivity contribution in [1.82, 2.24) is 10.2 Å². The first-order valence-corrected chi connectivity index (χ1v) is 12.3. The van der Waals surface area contributed by atoms with E-state index in [1.807, 2.05) is 18.2 Å². The van der Waals surface area contributed by atoms with E-state index in [0.717, 1.165) is 35.8 Å². The zero-order chi connectivity index (χ0) is 22.4. The van der Waals surface area contributed by atoms with E-state index < -0.39 is 16.1 Å². The minimum Gasteiger partial charge on any atom is -0.497 e. The molecular weight excluding hydrogens is 414 g/mol. The van der Waals surface area contributed by atoms with Gasteiger partial charge < -0.3 is 10.1 Å². The van der Waals surface area contributed by atoms with Crippen LogP contribution in [0.2, 0.25) is 0 Å². The van der Waals surface area contributed by atoms with Crippen LogP contribution >= 0.6 is 0 Å². The minimum absolute atomic E-state index is 0.350. The average molecular weight is 446 g/mol. The molecule has 0 aliphatic carbocycles. The van der Waals surface area contributed by atoms with Crippen molar-refractivity contribution in [3.8, 4) is 5.75 Å². The molecule has 1 N–H and O–H groups in total. The molecule has 2 aromatic rings. The van der Waals surface area contributed by atoms with Gasteiger partial charge in [-0.2, -0.15) is 0 Å². The van der Waals surface area contributed by atoms with Gasteiger partial charge in [-0.3, -0.25) is 14.0 Å². The van der Waals surface area contributed by atoms with Crippen molar-refractivity contribution in [2.75, 3.05) is 30.8 Å². The molecule has 0 spiro atoms. The van der Waals surface area contributed by atoms with Gasteiger partial charge in [0.15, 0.2) is 0 Å². The lowest BCUT2D eigenvalue weighted by Crippen LogP contribution is -2.47. The number of carbonyl (C=O) groups is 1. The van der Waals surface area contributed by atoms with Gasteiger partial charge in [0.25, 0.3) is 0 Å². The third kappa shape index (κ3) is 5.98. The van der Waals surface area contributed by atoms with Gasteiger partial charge in [0.05, 0.1) is 19.1 Å². The Labute approximate surface area is 185 Å². The predicted molar refractivity (Wildman–Crippen MR) is 123 cm³/mol. The fraction of sp³-hybridized carbons (Fsp3) is 0.435. The smallest absolute Gasteiger partial charge is 0.243 e. The molecule has 1 atom stereocenters. The van der Waals surface area contributed by atoms with Crippen LogP contribution in [-0.4, -0.2) is 51.7 Å². The highest BCUT2D eigenvalue weighted by Gasteiger charge is 2.29. The van der Waals surface area contributed by atoms with Gasteiger partial charge in [-0.05, 0) is 68.2 Å². The van der Waals surface area contributed by atoms with E-state index >= 15 is 0 Å². The number of methoxy groups -OCH3 is 1. The van der Waals surface area contributed by atoms with Gasteiger partial charge in [-0.15, -0.1) is 0 Å². The third-order valence-corrected chi connectivity index (χ3v) is 6.82.